The molecular formula is C10H12BrN3OS. The fourth-order valence-corrected chi connectivity index (χ4v) is 2.81. The van der Waals surface area contributed by atoms with Crippen molar-refractivity contribution in [3.8, 4) is 0 Å². The fraction of sp³-hybridized carbons (Fsp3) is 0.300. The van der Waals surface area contributed by atoms with Gasteiger partial charge in [-0.1, -0.05) is 0 Å². The SMILES string of the molecule is CN(Cc1cc(Br)cs1)c1nc(CN)co1. The normalized spacial score (nSPS) is 10.7. The molecule has 0 atom stereocenters. The van der Waals surface area contributed by atoms with Gasteiger partial charge in [-0.3, -0.25) is 0 Å². The lowest BCUT2D eigenvalue weighted by atomic mass is 10.4. The average molecular weight is 302 g/mol. The van der Waals surface area contributed by atoms with Crippen molar-refractivity contribution in [3.05, 3.63) is 32.8 Å². The summed E-state index contributed by atoms with van der Waals surface area (Å²) >= 11 is 5.13. The molecule has 4 nitrogen and oxygen atoms in total. The monoisotopic (exact) mass is 301 g/mol. The van der Waals surface area contributed by atoms with E-state index in [1.54, 1.807) is 17.6 Å². The molecule has 0 saturated carbocycles. The minimum atomic E-state index is 0.405. The van der Waals surface area contributed by atoms with Crippen molar-refractivity contribution >= 4 is 33.3 Å². The highest BCUT2D eigenvalue weighted by Gasteiger charge is 2.09. The maximum Gasteiger partial charge on any atom is 0.297 e. The first-order valence-electron chi connectivity index (χ1n) is 4.77. The van der Waals surface area contributed by atoms with Crippen LogP contribution in [0.1, 0.15) is 10.6 Å². The first-order valence-corrected chi connectivity index (χ1v) is 6.45. The van der Waals surface area contributed by atoms with Gasteiger partial charge in [-0.15, -0.1) is 11.3 Å². The number of nitrogens with two attached hydrogens (primary N) is 1. The predicted molar refractivity (Wildman–Crippen MR) is 68.5 cm³/mol. The van der Waals surface area contributed by atoms with Crippen LogP contribution in [0.2, 0.25) is 0 Å². The largest absolute Gasteiger partial charge is 0.432 e. The Labute approximate surface area is 106 Å². The predicted octanol–water partition coefficient (Wildman–Crippen LogP) is 2.59. The maximum absolute atomic E-state index is 5.47. The minimum absolute atomic E-state index is 0.405. The summed E-state index contributed by atoms with van der Waals surface area (Å²) in [7, 11) is 1.94. The van der Waals surface area contributed by atoms with Crippen LogP contribution in [-0.2, 0) is 13.1 Å². The van der Waals surface area contributed by atoms with Crippen LogP contribution in [0.4, 0.5) is 6.01 Å². The van der Waals surface area contributed by atoms with Gasteiger partial charge in [0.25, 0.3) is 6.01 Å². The summed E-state index contributed by atoms with van der Waals surface area (Å²) in [5.74, 6) is 0. The Morgan fingerprint density at radius 3 is 3.00 bits per heavy atom. The molecule has 0 unspecified atom stereocenters. The van der Waals surface area contributed by atoms with Crippen molar-refractivity contribution in [2.45, 2.75) is 13.1 Å². The van der Waals surface area contributed by atoms with E-state index in [-0.39, 0.29) is 0 Å². The second-order valence-electron chi connectivity index (χ2n) is 3.41. The Morgan fingerprint density at radius 1 is 1.62 bits per heavy atom. The second kappa shape index (κ2) is 4.99. The van der Waals surface area contributed by atoms with Gasteiger partial charge in [-0.05, 0) is 22.0 Å². The number of hydrogen-bond acceptors (Lipinski definition) is 5. The number of rotatable bonds is 4. The summed E-state index contributed by atoms with van der Waals surface area (Å²) in [6, 6.07) is 2.69. The van der Waals surface area contributed by atoms with Crippen molar-refractivity contribution < 1.29 is 4.42 Å². The molecule has 2 aromatic rings. The van der Waals surface area contributed by atoms with Gasteiger partial charge in [-0.2, -0.15) is 4.98 Å². The Morgan fingerprint density at radius 2 is 2.44 bits per heavy atom. The molecule has 2 aromatic heterocycles. The molecule has 2 heterocycles. The number of thiophene rings is 1. The lowest BCUT2D eigenvalue weighted by molar-refractivity contribution is 0.544. The zero-order chi connectivity index (χ0) is 11.5. The van der Waals surface area contributed by atoms with E-state index in [4.69, 9.17) is 10.2 Å². The number of nitrogens with zero attached hydrogens (tertiary/aromatic N) is 2. The highest BCUT2D eigenvalue weighted by atomic mass is 79.9. The highest BCUT2D eigenvalue weighted by Crippen LogP contribution is 2.22. The average Bonchev–Trinajstić information content (AvgIpc) is 2.87. The Kier molecular flexibility index (Phi) is 3.63. The molecule has 0 radical (unpaired) electrons. The summed E-state index contributed by atoms with van der Waals surface area (Å²) in [4.78, 5) is 7.47. The van der Waals surface area contributed by atoms with Crippen LogP contribution in [0, 0.1) is 0 Å². The first kappa shape index (κ1) is 11.6. The molecule has 2 N–H and O–H groups in total. The minimum Gasteiger partial charge on any atom is -0.432 e. The van der Waals surface area contributed by atoms with Crippen molar-refractivity contribution in [2.24, 2.45) is 5.73 Å². The molecule has 86 valence electrons. The maximum atomic E-state index is 5.47. The number of anilines is 1. The molecule has 16 heavy (non-hydrogen) atoms. The molecule has 0 spiro atoms. The molecule has 0 aromatic carbocycles. The van der Waals surface area contributed by atoms with Gasteiger partial charge in [0, 0.05) is 28.3 Å². The van der Waals surface area contributed by atoms with Gasteiger partial charge >= 0.3 is 0 Å². The van der Waals surface area contributed by atoms with Gasteiger partial charge in [0.2, 0.25) is 0 Å². The number of hydrogen-bond donors (Lipinski definition) is 1. The van der Waals surface area contributed by atoms with Gasteiger partial charge in [-0.25, -0.2) is 0 Å². The summed E-state index contributed by atoms with van der Waals surface area (Å²) in [6.07, 6.45) is 1.59. The summed E-state index contributed by atoms with van der Waals surface area (Å²) < 4.78 is 6.43. The molecular weight excluding hydrogens is 290 g/mol. The van der Waals surface area contributed by atoms with Crippen molar-refractivity contribution in [1.29, 1.82) is 0 Å². The van der Waals surface area contributed by atoms with Crippen LogP contribution in [-0.4, -0.2) is 12.0 Å². The molecule has 0 saturated heterocycles. The molecule has 6 heteroatoms. The van der Waals surface area contributed by atoms with Gasteiger partial charge in [0.05, 0.1) is 12.2 Å². The van der Waals surface area contributed by atoms with E-state index < -0.39 is 0 Å². The summed E-state index contributed by atoms with van der Waals surface area (Å²) in [6.45, 7) is 1.18. The smallest absolute Gasteiger partial charge is 0.297 e. The van der Waals surface area contributed by atoms with Crippen molar-refractivity contribution in [2.75, 3.05) is 11.9 Å². The van der Waals surface area contributed by atoms with Crippen LogP contribution < -0.4 is 10.6 Å². The lowest BCUT2D eigenvalue weighted by Gasteiger charge is -2.12. The third-order valence-electron chi connectivity index (χ3n) is 2.09. The number of oxazole rings is 1. The number of aromatic nitrogens is 1. The van der Waals surface area contributed by atoms with Gasteiger partial charge in [0.1, 0.15) is 6.26 Å². The number of halogens is 1. The zero-order valence-corrected chi connectivity index (χ0v) is 11.2. The van der Waals surface area contributed by atoms with Crippen molar-refractivity contribution in [1.82, 2.24) is 4.98 Å². The van der Waals surface area contributed by atoms with Gasteiger partial charge < -0.3 is 15.1 Å². The lowest BCUT2D eigenvalue weighted by Crippen LogP contribution is -2.16. The molecule has 2 rings (SSSR count). The Hall–Kier alpha value is -0.850. The highest BCUT2D eigenvalue weighted by molar-refractivity contribution is 9.10. The quantitative estimate of drug-likeness (QED) is 0.943. The van der Waals surface area contributed by atoms with E-state index in [0.717, 1.165) is 16.7 Å². The molecule has 0 aliphatic heterocycles. The zero-order valence-electron chi connectivity index (χ0n) is 8.81. The standard InChI is InChI=1S/C10H12BrN3OS/c1-14(4-9-2-7(11)6-16-9)10-13-8(3-12)5-15-10/h2,5-6H,3-4,12H2,1H3. The molecule has 0 amide bonds. The molecule has 0 bridgehead atoms. The van der Waals surface area contributed by atoms with Crippen LogP contribution in [0.5, 0.6) is 0 Å². The van der Waals surface area contributed by atoms with E-state index in [0.29, 0.717) is 12.6 Å². The van der Waals surface area contributed by atoms with E-state index >= 15 is 0 Å². The Bertz CT molecular complexity index is 468. The Balaban J connectivity index is 2.05. The molecule has 0 aliphatic rings. The third-order valence-corrected chi connectivity index (χ3v) is 3.77. The van der Waals surface area contributed by atoms with E-state index in [2.05, 4.69) is 32.4 Å². The van der Waals surface area contributed by atoms with Crippen LogP contribution >= 0.6 is 27.3 Å². The first-order chi connectivity index (χ1) is 7.69. The third kappa shape index (κ3) is 2.63. The van der Waals surface area contributed by atoms with Crippen LogP contribution in [0.15, 0.2) is 26.6 Å². The fourth-order valence-electron chi connectivity index (χ4n) is 1.30. The van der Waals surface area contributed by atoms with Crippen molar-refractivity contribution in [3.63, 3.8) is 0 Å². The van der Waals surface area contributed by atoms with E-state index in [1.165, 1.54) is 4.88 Å². The summed E-state index contributed by atoms with van der Waals surface area (Å²) in [5.41, 5.74) is 6.25. The topological polar surface area (TPSA) is 55.3 Å². The van der Waals surface area contributed by atoms with Crippen LogP contribution in [0.25, 0.3) is 0 Å². The molecule has 0 fully saturated rings. The second-order valence-corrected chi connectivity index (χ2v) is 5.32. The molecule has 0 aliphatic carbocycles. The van der Waals surface area contributed by atoms with Gasteiger partial charge in [0.15, 0.2) is 0 Å². The summed E-state index contributed by atoms with van der Waals surface area (Å²) in [5, 5.41) is 2.06. The van der Waals surface area contributed by atoms with E-state index in [9.17, 15) is 0 Å². The van der Waals surface area contributed by atoms with Crippen LogP contribution in [0.3, 0.4) is 0 Å². The van der Waals surface area contributed by atoms with E-state index in [1.807, 2.05) is 11.9 Å².